The van der Waals surface area contributed by atoms with Gasteiger partial charge in [0.25, 0.3) is 0 Å². The highest BCUT2D eigenvalue weighted by Crippen LogP contribution is 2.45. The van der Waals surface area contributed by atoms with Crippen LogP contribution < -0.4 is 0 Å². The average Bonchev–Trinajstić information content (AvgIpc) is 3.42. The number of pyridine rings is 1. The van der Waals surface area contributed by atoms with Crippen molar-refractivity contribution < 1.29 is 5.48 Å². The molecule has 2 heteroatoms. The summed E-state index contributed by atoms with van der Waals surface area (Å²) in [7, 11) is 0. The second kappa shape index (κ2) is 10.0. The Bertz CT molecular complexity index is 1980. The third-order valence-electron chi connectivity index (χ3n) is 8.60. The van der Waals surface area contributed by atoms with E-state index < -0.39 is 12.7 Å². The van der Waals surface area contributed by atoms with E-state index in [0.29, 0.717) is 5.56 Å². The van der Waals surface area contributed by atoms with Crippen LogP contribution in [0.2, 0.25) is 0 Å². The van der Waals surface area contributed by atoms with Crippen LogP contribution in [0, 0.1) is 12.3 Å². The van der Waals surface area contributed by atoms with Gasteiger partial charge in [0, 0.05) is 37.4 Å². The van der Waals surface area contributed by atoms with Crippen molar-refractivity contribution in [2.24, 2.45) is 5.41 Å². The maximum Gasteiger partial charge on any atom is 0.0722 e. The molecule has 0 N–H and O–H groups in total. The minimum atomic E-state index is -2.31. The summed E-state index contributed by atoms with van der Waals surface area (Å²) in [6, 6.07) is 33.2. The first-order valence-corrected chi connectivity index (χ1v) is 15.0. The van der Waals surface area contributed by atoms with Crippen molar-refractivity contribution in [3.05, 3.63) is 114 Å². The molecular formula is C38H35NS. The number of fused-ring (bicyclic) bond motifs is 3. The summed E-state index contributed by atoms with van der Waals surface area (Å²) in [5.41, 5.74) is 7.15. The number of aryl methyl sites for hydroxylation is 1. The van der Waals surface area contributed by atoms with Crippen LogP contribution >= 0.6 is 11.3 Å². The molecule has 0 radical (unpaired) electrons. The molecule has 4 aromatic carbocycles. The van der Waals surface area contributed by atoms with Crippen LogP contribution in [0.3, 0.4) is 0 Å². The fourth-order valence-corrected chi connectivity index (χ4v) is 7.47. The minimum absolute atomic E-state index is 0.240. The average molecular weight is 542 g/mol. The number of hydrogen-bond donors (Lipinski definition) is 0. The Labute approximate surface area is 247 Å². The van der Waals surface area contributed by atoms with E-state index in [1.54, 1.807) is 11.3 Å². The van der Waals surface area contributed by atoms with Crippen LogP contribution in [0.5, 0.6) is 0 Å². The molecule has 1 aliphatic carbocycles. The summed E-state index contributed by atoms with van der Waals surface area (Å²) in [5.74, 6) is -0.597. The van der Waals surface area contributed by atoms with Crippen molar-refractivity contribution in [2.75, 3.05) is 0 Å². The Hall–Kier alpha value is -3.75. The molecule has 40 heavy (non-hydrogen) atoms. The second-order valence-corrected chi connectivity index (χ2v) is 12.8. The monoisotopic (exact) mass is 541 g/mol. The lowest BCUT2D eigenvalue weighted by Gasteiger charge is -2.34. The van der Waals surface area contributed by atoms with Gasteiger partial charge in [-0.15, -0.1) is 11.3 Å². The van der Waals surface area contributed by atoms with Crippen LogP contribution in [-0.2, 0) is 0 Å². The molecule has 0 aliphatic heterocycles. The first-order valence-electron chi connectivity index (χ1n) is 16.1. The third kappa shape index (κ3) is 4.55. The molecule has 7 rings (SSSR count). The van der Waals surface area contributed by atoms with Gasteiger partial charge >= 0.3 is 0 Å². The van der Waals surface area contributed by atoms with E-state index in [1.807, 2.05) is 36.4 Å². The SMILES string of the molecule is [2H]C([2H])([2H])c1cnc(-c2cccc3c2sc2c(-c4ccccc4)cccc23)cc1-c1ccc(C2([2H])CCC(C)(C)CC2)cc1. The first kappa shape index (κ1) is 21.1. The summed E-state index contributed by atoms with van der Waals surface area (Å²) in [5, 5.41) is 2.38. The molecule has 1 nitrogen and oxygen atoms in total. The highest BCUT2D eigenvalue weighted by atomic mass is 32.1. The maximum atomic E-state index is 9.19. The molecule has 0 atom stereocenters. The van der Waals surface area contributed by atoms with Gasteiger partial charge in [0.15, 0.2) is 0 Å². The molecule has 0 spiro atoms. The summed E-state index contributed by atoms with van der Waals surface area (Å²) in [6.07, 6.45) is 5.27. The number of hydrogen-bond acceptors (Lipinski definition) is 2. The Kier molecular flexibility index (Phi) is 5.27. The van der Waals surface area contributed by atoms with Gasteiger partial charge in [-0.25, -0.2) is 0 Å². The van der Waals surface area contributed by atoms with E-state index in [4.69, 9.17) is 9.10 Å². The summed E-state index contributed by atoms with van der Waals surface area (Å²) in [6.45, 7) is 2.27. The van der Waals surface area contributed by atoms with Gasteiger partial charge in [-0.1, -0.05) is 105 Å². The smallest absolute Gasteiger partial charge is 0.0722 e. The molecule has 0 bridgehead atoms. The Balaban J connectivity index is 1.33. The van der Waals surface area contributed by atoms with Crippen LogP contribution in [0.1, 0.15) is 62.0 Å². The van der Waals surface area contributed by atoms with Crippen molar-refractivity contribution in [3.8, 4) is 33.5 Å². The fourth-order valence-electron chi connectivity index (χ4n) is 6.11. The molecule has 1 saturated carbocycles. The molecular weight excluding hydrogens is 502 g/mol. The van der Waals surface area contributed by atoms with Crippen LogP contribution in [0.15, 0.2) is 103 Å². The first-order chi connectivity index (χ1) is 21.0. The molecule has 0 saturated heterocycles. The molecule has 1 fully saturated rings. The van der Waals surface area contributed by atoms with E-state index in [-0.39, 0.29) is 11.0 Å². The van der Waals surface area contributed by atoms with Crippen LogP contribution in [0.25, 0.3) is 53.7 Å². The predicted octanol–water partition coefficient (Wildman–Crippen LogP) is 11.4. The zero-order chi connectivity index (χ0) is 30.7. The van der Waals surface area contributed by atoms with Crippen molar-refractivity contribution in [3.63, 3.8) is 0 Å². The van der Waals surface area contributed by atoms with E-state index in [2.05, 4.69) is 74.5 Å². The zero-order valence-corrected chi connectivity index (χ0v) is 23.8. The van der Waals surface area contributed by atoms with Gasteiger partial charge in [-0.05, 0) is 83.3 Å². The number of rotatable bonds is 4. The van der Waals surface area contributed by atoms with Gasteiger partial charge < -0.3 is 0 Å². The predicted molar refractivity (Wildman–Crippen MR) is 173 cm³/mol. The lowest BCUT2D eigenvalue weighted by molar-refractivity contribution is 0.224. The van der Waals surface area contributed by atoms with E-state index >= 15 is 0 Å². The maximum absolute atomic E-state index is 9.19. The quantitative estimate of drug-likeness (QED) is 0.216. The Morgan fingerprint density at radius 1 is 0.750 bits per heavy atom. The highest BCUT2D eigenvalue weighted by Gasteiger charge is 2.27. The number of nitrogens with zero attached hydrogens (tertiary/aromatic N) is 1. The molecule has 2 aromatic heterocycles. The molecule has 198 valence electrons. The topological polar surface area (TPSA) is 12.9 Å². The van der Waals surface area contributed by atoms with Gasteiger partial charge in [0.05, 0.1) is 5.69 Å². The Morgan fingerprint density at radius 3 is 2.10 bits per heavy atom. The number of thiophene rings is 1. The van der Waals surface area contributed by atoms with Gasteiger partial charge in [0.2, 0.25) is 0 Å². The molecule has 2 heterocycles. The standard InChI is InChI=1S/C38H35NS/c1-25-24-39-35(23-34(25)29-17-15-26(16-18-29)27-19-21-38(2,3)22-20-27)33-14-8-13-32-31-12-7-11-30(36(31)40-37(32)33)28-9-5-4-6-10-28/h4-18,23-24,27H,19-22H2,1-3H3/i1D3,27D. The van der Waals surface area contributed by atoms with Crippen molar-refractivity contribution in [2.45, 2.75) is 52.3 Å². The van der Waals surface area contributed by atoms with E-state index in [0.717, 1.165) is 52.8 Å². The Morgan fingerprint density at radius 2 is 1.40 bits per heavy atom. The molecule has 0 unspecified atom stereocenters. The van der Waals surface area contributed by atoms with Crippen molar-refractivity contribution >= 4 is 31.5 Å². The van der Waals surface area contributed by atoms with Crippen molar-refractivity contribution in [1.82, 2.24) is 4.98 Å². The summed E-state index contributed by atoms with van der Waals surface area (Å²) >= 11 is 1.76. The van der Waals surface area contributed by atoms with Crippen molar-refractivity contribution in [1.29, 1.82) is 0 Å². The minimum Gasteiger partial charge on any atom is -0.256 e. The van der Waals surface area contributed by atoms with E-state index in [9.17, 15) is 1.37 Å². The van der Waals surface area contributed by atoms with Gasteiger partial charge in [0.1, 0.15) is 0 Å². The second-order valence-electron chi connectivity index (χ2n) is 11.8. The summed E-state index contributed by atoms with van der Waals surface area (Å²) in [4.78, 5) is 4.73. The van der Waals surface area contributed by atoms with Crippen LogP contribution in [0.4, 0.5) is 0 Å². The third-order valence-corrected chi connectivity index (χ3v) is 9.89. The summed E-state index contributed by atoms with van der Waals surface area (Å²) < 4.78 is 36.4. The normalized spacial score (nSPS) is 18.1. The zero-order valence-electron chi connectivity index (χ0n) is 27.0. The fraction of sp³-hybridized carbons (Fsp3) is 0.237. The van der Waals surface area contributed by atoms with E-state index in [1.165, 1.54) is 32.8 Å². The lowest BCUT2D eigenvalue weighted by Crippen LogP contribution is -2.20. The largest absolute Gasteiger partial charge is 0.256 e. The van der Waals surface area contributed by atoms with Gasteiger partial charge in [-0.2, -0.15) is 0 Å². The molecule has 0 amide bonds. The number of aromatic nitrogens is 1. The lowest BCUT2D eigenvalue weighted by atomic mass is 9.71. The van der Waals surface area contributed by atoms with Gasteiger partial charge in [-0.3, -0.25) is 4.98 Å². The molecule has 1 aliphatic rings. The van der Waals surface area contributed by atoms with Crippen LogP contribution in [-0.4, -0.2) is 4.98 Å². The molecule has 6 aromatic rings. The highest BCUT2D eigenvalue weighted by molar-refractivity contribution is 7.26. The number of benzene rings is 4.